The number of aliphatic hydroxyl groups is 2. The third-order valence-electron chi connectivity index (χ3n) is 7.86. The van der Waals surface area contributed by atoms with Crippen molar-refractivity contribution in [1.82, 2.24) is 4.90 Å². The van der Waals surface area contributed by atoms with E-state index in [2.05, 4.69) is 9.64 Å². The summed E-state index contributed by atoms with van der Waals surface area (Å²) in [6.45, 7) is 1.78. The van der Waals surface area contributed by atoms with E-state index in [1.807, 2.05) is 13.1 Å². The van der Waals surface area contributed by atoms with Crippen molar-refractivity contribution < 1.29 is 49.0 Å². The molecule has 1 aromatic carbocycles. The Morgan fingerprint density at radius 3 is 2.77 bits per heavy atom. The van der Waals surface area contributed by atoms with E-state index < -0.39 is 53.7 Å². The zero-order valence-corrected chi connectivity index (χ0v) is 19.3. The Morgan fingerprint density at radius 2 is 2.06 bits per heavy atom. The van der Waals surface area contributed by atoms with Crippen LogP contribution in [0.4, 0.5) is 0 Å². The number of hydrogen-bond acceptors (Lipinski definition) is 10. The van der Waals surface area contributed by atoms with E-state index in [0.717, 1.165) is 18.1 Å². The van der Waals surface area contributed by atoms with Crippen molar-refractivity contribution in [3.8, 4) is 11.5 Å². The highest BCUT2D eigenvalue weighted by atomic mass is 16.6. The van der Waals surface area contributed by atoms with Crippen molar-refractivity contribution >= 4 is 17.9 Å². The number of likely N-dealkylation sites (tertiary alicyclic amines) is 1. The molecule has 2 aliphatic carbocycles. The molecule has 2 bridgehead atoms. The number of phenolic OH excluding ortho intramolecular Hbond substituents is 1. The molecule has 11 nitrogen and oxygen atoms in total. The van der Waals surface area contributed by atoms with Gasteiger partial charge in [-0.25, -0.2) is 9.59 Å². The van der Waals surface area contributed by atoms with Crippen molar-refractivity contribution in [3.63, 3.8) is 0 Å². The van der Waals surface area contributed by atoms with E-state index in [4.69, 9.17) is 14.6 Å². The molecule has 1 fully saturated rings. The maximum atomic E-state index is 12.6. The third kappa shape index (κ3) is 3.25. The van der Waals surface area contributed by atoms with Gasteiger partial charge in [-0.05, 0) is 51.1 Å². The highest BCUT2D eigenvalue weighted by Gasteiger charge is 2.72. The average molecular weight is 489 g/mol. The lowest BCUT2D eigenvalue weighted by Gasteiger charge is -2.61. The van der Waals surface area contributed by atoms with E-state index >= 15 is 0 Å². The fourth-order valence-corrected chi connectivity index (χ4v) is 6.15. The second-order valence-corrected chi connectivity index (χ2v) is 9.71. The van der Waals surface area contributed by atoms with Crippen LogP contribution in [0.5, 0.6) is 11.5 Å². The van der Waals surface area contributed by atoms with Gasteiger partial charge in [0.15, 0.2) is 29.8 Å². The number of aromatic hydroxyl groups is 1. The third-order valence-corrected chi connectivity index (χ3v) is 7.86. The minimum atomic E-state index is -1.91. The number of aliphatic hydroxyl groups excluding tert-OH is 1. The van der Waals surface area contributed by atoms with Gasteiger partial charge in [-0.1, -0.05) is 6.07 Å². The Kier molecular flexibility index (Phi) is 5.35. The SMILES string of the molecule is CC(OC(=O)C(O)CC(=O)OC1=CC[C@@]2(O)[C@H]3Cc4ccc(O)c5c4[C@@]2(CCN3C)[C@H]1O5)C(=O)O. The van der Waals surface area contributed by atoms with Crippen LogP contribution in [0.2, 0.25) is 0 Å². The predicted octanol–water partition coefficient (Wildman–Crippen LogP) is -0.0196. The molecule has 0 aromatic heterocycles. The number of likely N-dealkylation sites (N-methyl/N-ethyl adjacent to an activating group) is 1. The maximum absolute atomic E-state index is 12.6. The number of hydrogen-bond donors (Lipinski definition) is 4. The summed E-state index contributed by atoms with van der Waals surface area (Å²) in [7, 11) is 1.96. The van der Waals surface area contributed by atoms with Crippen LogP contribution in [0.3, 0.4) is 0 Å². The second-order valence-electron chi connectivity index (χ2n) is 9.71. The molecule has 2 heterocycles. The second kappa shape index (κ2) is 7.94. The first-order chi connectivity index (χ1) is 16.5. The van der Waals surface area contributed by atoms with Gasteiger partial charge < -0.3 is 39.5 Å². The minimum Gasteiger partial charge on any atom is -0.504 e. The summed E-state index contributed by atoms with van der Waals surface area (Å²) in [6, 6.07) is 3.18. The van der Waals surface area contributed by atoms with Crippen LogP contribution in [0.15, 0.2) is 24.0 Å². The smallest absolute Gasteiger partial charge is 0.344 e. The lowest BCUT2D eigenvalue weighted by atomic mass is 9.50. The Labute approximate surface area is 200 Å². The van der Waals surface area contributed by atoms with Gasteiger partial charge in [0.05, 0.1) is 17.4 Å². The Hall–Kier alpha value is -3.15. The number of carbonyl (C=O) groups excluding carboxylic acids is 2. The molecule has 2 unspecified atom stereocenters. The molecule has 188 valence electrons. The summed E-state index contributed by atoms with van der Waals surface area (Å²) in [4.78, 5) is 37.5. The van der Waals surface area contributed by atoms with Crippen LogP contribution in [0.1, 0.15) is 37.3 Å². The first kappa shape index (κ1) is 23.6. The van der Waals surface area contributed by atoms with E-state index in [1.165, 1.54) is 0 Å². The van der Waals surface area contributed by atoms with Gasteiger partial charge >= 0.3 is 17.9 Å². The van der Waals surface area contributed by atoms with Gasteiger partial charge in [0.25, 0.3) is 0 Å². The van der Waals surface area contributed by atoms with Crippen LogP contribution in [-0.4, -0.2) is 86.8 Å². The molecule has 4 N–H and O–H groups in total. The summed E-state index contributed by atoms with van der Waals surface area (Å²) < 4.78 is 16.3. The lowest BCUT2D eigenvalue weighted by Crippen LogP contribution is -2.74. The summed E-state index contributed by atoms with van der Waals surface area (Å²) in [6.07, 6.45) is -2.20. The molecule has 6 atom stereocenters. The Morgan fingerprint density at radius 1 is 1.31 bits per heavy atom. The molecule has 0 saturated carbocycles. The van der Waals surface area contributed by atoms with Gasteiger partial charge in [-0.15, -0.1) is 0 Å². The van der Waals surface area contributed by atoms with Gasteiger partial charge in [0.2, 0.25) is 0 Å². The summed E-state index contributed by atoms with van der Waals surface area (Å²) in [5, 5.41) is 41.4. The van der Waals surface area contributed by atoms with Crippen molar-refractivity contribution in [2.45, 2.75) is 68.0 Å². The summed E-state index contributed by atoms with van der Waals surface area (Å²) >= 11 is 0. The number of carbonyl (C=O) groups is 3. The average Bonchev–Trinajstić information content (AvgIpc) is 3.15. The highest BCUT2D eigenvalue weighted by Crippen LogP contribution is 2.65. The number of rotatable bonds is 6. The number of ether oxygens (including phenoxy) is 3. The van der Waals surface area contributed by atoms with Crippen molar-refractivity contribution in [2.75, 3.05) is 13.6 Å². The number of carboxylic acids is 1. The summed E-state index contributed by atoms with van der Waals surface area (Å²) in [5.41, 5.74) is -0.463. The van der Waals surface area contributed by atoms with E-state index in [0.29, 0.717) is 19.4 Å². The molecule has 35 heavy (non-hydrogen) atoms. The standard InChI is InChI=1S/C24H27NO10/c1-11(21(29)30)33-22(31)14(27)10-17(28)34-15-5-6-24(32)16-9-12-3-4-13(26)19-18(12)23(24,20(15)35-19)7-8-25(16)2/h3-5,11,14,16,20,26-27,32H,6-10H2,1-2H3,(H,29,30)/t11?,14?,16-,20+,23+,24-/m1/s1. The number of benzene rings is 1. The normalized spacial score (nSPS) is 31.9. The highest BCUT2D eigenvalue weighted by molar-refractivity contribution is 5.84. The maximum Gasteiger partial charge on any atom is 0.344 e. The molecule has 1 aromatic rings. The first-order valence-corrected chi connectivity index (χ1v) is 11.5. The number of nitrogens with zero attached hydrogens (tertiary/aromatic N) is 1. The van der Waals surface area contributed by atoms with Gasteiger partial charge in [0.1, 0.15) is 5.76 Å². The van der Waals surface area contributed by atoms with E-state index in [1.54, 1.807) is 12.1 Å². The monoisotopic (exact) mass is 489 g/mol. The van der Waals surface area contributed by atoms with Crippen molar-refractivity contribution in [2.24, 2.45) is 0 Å². The predicted molar refractivity (Wildman–Crippen MR) is 116 cm³/mol. The van der Waals surface area contributed by atoms with Gasteiger partial charge in [-0.2, -0.15) is 0 Å². The molecule has 1 spiro atoms. The molecule has 2 aliphatic heterocycles. The van der Waals surface area contributed by atoms with Crippen LogP contribution in [0.25, 0.3) is 0 Å². The molecule has 0 amide bonds. The van der Waals surface area contributed by atoms with E-state index in [-0.39, 0.29) is 29.7 Å². The number of phenols is 1. The Bertz CT molecular complexity index is 1150. The van der Waals surface area contributed by atoms with Gasteiger partial charge in [0, 0.05) is 18.0 Å². The van der Waals surface area contributed by atoms with Crippen LogP contribution in [-0.2, 0) is 35.7 Å². The van der Waals surface area contributed by atoms with Crippen molar-refractivity contribution in [3.05, 3.63) is 35.1 Å². The molecule has 5 rings (SSSR count). The zero-order valence-electron chi connectivity index (χ0n) is 19.3. The number of aliphatic carboxylic acids is 1. The molecular weight excluding hydrogens is 462 g/mol. The fourth-order valence-electron chi connectivity index (χ4n) is 6.15. The fraction of sp³-hybridized carbons (Fsp3) is 0.542. The van der Waals surface area contributed by atoms with E-state index in [9.17, 15) is 29.7 Å². The Balaban J connectivity index is 1.41. The number of carboxylic acid groups (broad SMARTS) is 1. The van der Waals surface area contributed by atoms with Crippen LogP contribution >= 0.6 is 0 Å². The molecule has 4 aliphatic rings. The topological polar surface area (TPSA) is 163 Å². The first-order valence-electron chi connectivity index (χ1n) is 11.5. The largest absolute Gasteiger partial charge is 0.504 e. The molecule has 11 heteroatoms. The molecule has 0 radical (unpaired) electrons. The lowest BCUT2D eigenvalue weighted by molar-refractivity contribution is -0.173. The van der Waals surface area contributed by atoms with Crippen LogP contribution < -0.4 is 4.74 Å². The molecule has 1 saturated heterocycles. The van der Waals surface area contributed by atoms with Crippen molar-refractivity contribution in [1.29, 1.82) is 0 Å². The zero-order chi connectivity index (χ0) is 25.3. The minimum absolute atomic E-state index is 0.0661. The quantitative estimate of drug-likeness (QED) is 0.397. The number of piperidine rings is 1. The van der Waals surface area contributed by atoms with Crippen LogP contribution in [0, 0.1) is 0 Å². The summed E-state index contributed by atoms with van der Waals surface area (Å²) in [5.74, 6) is -3.27. The molecular formula is C24H27NO10. The number of esters is 2. The van der Waals surface area contributed by atoms with Gasteiger partial charge in [-0.3, -0.25) is 4.79 Å².